The highest BCUT2D eigenvalue weighted by Gasteiger charge is 2.10. The smallest absolute Gasteiger partial charge is 0.163 e. The molecule has 3 N–H and O–H groups in total. The molecule has 0 atom stereocenters. The van der Waals surface area contributed by atoms with Crippen molar-refractivity contribution in [2.45, 2.75) is 6.92 Å². The number of ketones is 1. The third-order valence-corrected chi connectivity index (χ3v) is 2.29. The molecule has 1 aromatic carbocycles. The maximum Gasteiger partial charge on any atom is 0.163 e. The van der Waals surface area contributed by atoms with Crippen LogP contribution in [-0.2, 0) is 0 Å². The monoisotopic (exact) mass is 277 g/mol. The zero-order valence-electron chi connectivity index (χ0n) is 6.47. The number of aromatic hydroxyl groups is 1. The molecule has 0 saturated carbocycles. The lowest BCUT2D eigenvalue weighted by Gasteiger charge is -2.03. The van der Waals surface area contributed by atoms with E-state index >= 15 is 0 Å². The summed E-state index contributed by atoms with van der Waals surface area (Å²) in [4.78, 5) is 11.0. The minimum absolute atomic E-state index is 0.0114. The first-order chi connectivity index (χ1) is 5.52. The van der Waals surface area contributed by atoms with Gasteiger partial charge in [0, 0.05) is 5.69 Å². The first kappa shape index (κ1) is 9.31. The van der Waals surface area contributed by atoms with E-state index in [1.807, 2.05) is 22.6 Å². The van der Waals surface area contributed by atoms with Gasteiger partial charge in [0.15, 0.2) is 5.78 Å². The van der Waals surface area contributed by atoms with Gasteiger partial charge < -0.3 is 10.8 Å². The van der Waals surface area contributed by atoms with Crippen molar-refractivity contribution < 1.29 is 9.90 Å². The number of phenolic OH excluding ortho intramolecular Hbond substituents is 1. The highest BCUT2D eigenvalue weighted by molar-refractivity contribution is 14.1. The van der Waals surface area contributed by atoms with Gasteiger partial charge in [0.05, 0.1) is 9.13 Å². The molecular formula is C8H8INO2. The minimum atomic E-state index is -0.183. The molecule has 4 heteroatoms. The van der Waals surface area contributed by atoms with Gasteiger partial charge in [-0.15, -0.1) is 0 Å². The van der Waals surface area contributed by atoms with Crippen LogP contribution in [-0.4, -0.2) is 10.9 Å². The number of anilines is 1. The number of carbonyl (C=O) groups is 1. The van der Waals surface area contributed by atoms with Crippen LogP contribution < -0.4 is 5.73 Å². The fraction of sp³-hybridized carbons (Fsp3) is 0.125. The van der Waals surface area contributed by atoms with Crippen LogP contribution >= 0.6 is 22.6 Å². The minimum Gasteiger partial charge on any atom is -0.506 e. The van der Waals surface area contributed by atoms with Gasteiger partial charge in [-0.25, -0.2) is 0 Å². The SMILES string of the molecule is CC(=O)c1cc(N)cc(I)c1O. The number of nitrogens with two attached hydrogens (primary N) is 1. The van der Waals surface area contributed by atoms with Gasteiger partial charge in [0.1, 0.15) is 5.75 Å². The summed E-state index contributed by atoms with van der Waals surface area (Å²) in [6, 6.07) is 3.09. The molecule has 64 valence electrons. The summed E-state index contributed by atoms with van der Waals surface area (Å²) in [6.45, 7) is 1.39. The molecule has 0 radical (unpaired) electrons. The van der Waals surface area contributed by atoms with Gasteiger partial charge in [-0.2, -0.15) is 0 Å². The number of hydrogen-bond donors (Lipinski definition) is 2. The number of Topliss-reactive ketones (excluding diaryl/α,β-unsaturated/α-hetero) is 1. The fourth-order valence-corrected chi connectivity index (χ4v) is 1.54. The number of nitrogen functional groups attached to an aromatic ring is 1. The van der Waals surface area contributed by atoms with Crippen molar-refractivity contribution in [3.63, 3.8) is 0 Å². The van der Waals surface area contributed by atoms with Gasteiger partial charge in [-0.1, -0.05) is 0 Å². The molecule has 0 aliphatic rings. The largest absolute Gasteiger partial charge is 0.506 e. The number of carbonyl (C=O) groups excluding carboxylic acids is 1. The third kappa shape index (κ3) is 1.69. The van der Waals surface area contributed by atoms with Crippen molar-refractivity contribution in [2.75, 3.05) is 5.73 Å². The molecule has 0 heterocycles. The van der Waals surface area contributed by atoms with E-state index in [4.69, 9.17) is 5.73 Å². The van der Waals surface area contributed by atoms with Crippen molar-refractivity contribution in [1.82, 2.24) is 0 Å². The molecule has 0 fully saturated rings. The molecule has 0 aliphatic carbocycles. The summed E-state index contributed by atoms with van der Waals surface area (Å²) >= 11 is 1.93. The van der Waals surface area contributed by atoms with Gasteiger partial charge in [-0.05, 0) is 41.6 Å². The van der Waals surface area contributed by atoms with Crippen LogP contribution in [0.1, 0.15) is 17.3 Å². The average molecular weight is 277 g/mol. The Morgan fingerprint density at radius 1 is 1.58 bits per heavy atom. The Hall–Kier alpha value is -0.780. The highest BCUT2D eigenvalue weighted by Crippen LogP contribution is 2.27. The van der Waals surface area contributed by atoms with Crippen LogP contribution in [0.5, 0.6) is 5.75 Å². The van der Waals surface area contributed by atoms with Gasteiger partial charge in [0.25, 0.3) is 0 Å². The zero-order valence-corrected chi connectivity index (χ0v) is 8.62. The second-order valence-corrected chi connectivity index (χ2v) is 3.62. The van der Waals surface area contributed by atoms with Gasteiger partial charge in [-0.3, -0.25) is 4.79 Å². The van der Waals surface area contributed by atoms with E-state index in [0.29, 0.717) is 9.26 Å². The van der Waals surface area contributed by atoms with E-state index in [-0.39, 0.29) is 17.1 Å². The Balaban J connectivity index is 3.37. The predicted molar refractivity (Wildman–Crippen MR) is 55.2 cm³/mol. The number of halogens is 1. The Morgan fingerprint density at radius 2 is 2.17 bits per heavy atom. The molecule has 0 unspecified atom stereocenters. The van der Waals surface area contributed by atoms with Crippen molar-refractivity contribution in [3.05, 3.63) is 21.3 Å². The van der Waals surface area contributed by atoms with Crippen LogP contribution in [0.4, 0.5) is 5.69 Å². The van der Waals surface area contributed by atoms with E-state index in [1.165, 1.54) is 13.0 Å². The van der Waals surface area contributed by atoms with Gasteiger partial charge in [0.2, 0.25) is 0 Å². The lowest BCUT2D eigenvalue weighted by atomic mass is 10.1. The average Bonchev–Trinajstić information content (AvgIpc) is 1.96. The molecule has 0 aliphatic heterocycles. The summed E-state index contributed by atoms with van der Waals surface area (Å²) in [5.74, 6) is -0.171. The number of benzene rings is 1. The van der Waals surface area contributed by atoms with E-state index in [9.17, 15) is 9.90 Å². The molecule has 0 bridgehead atoms. The molecule has 0 saturated heterocycles. The van der Waals surface area contributed by atoms with Crippen LogP contribution in [0, 0.1) is 3.57 Å². The van der Waals surface area contributed by atoms with Gasteiger partial charge >= 0.3 is 0 Å². The Kier molecular flexibility index (Phi) is 2.56. The number of phenols is 1. The topological polar surface area (TPSA) is 63.3 Å². The summed E-state index contributed by atoms with van der Waals surface area (Å²) in [5, 5.41) is 9.41. The summed E-state index contributed by atoms with van der Waals surface area (Å²) in [5.41, 5.74) is 6.26. The molecule has 0 spiro atoms. The zero-order chi connectivity index (χ0) is 9.30. The van der Waals surface area contributed by atoms with E-state index in [2.05, 4.69) is 0 Å². The predicted octanol–water partition coefficient (Wildman–Crippen LogP) is 1.78. The second kappa shape index (κ2) is 3.30. The van der Waals surface area contributed by atoms with Crippen LogP contribution in [0.3, 0.4) is 0 Å². The molecule has 0 aromatic heterocycles. The van der Waals surface area contributed by atoms with E-state index < -0.39 is 0 Å². The van der Waals surface area contributed by atoms with Crippen molar-refractivity contribution in [3.8, 4) is 5.75 Å². The summed E-state index contributed by atoms with van der Waals surface area (Å²) < 4.78 is 0.595. The fourth-order valence-electron chi connectivity index (χ4n) is 0.888. The normalized spacial score (nSPS) is 9.83. The lowest BCUT2D eigenvalue weighted by Crippen LogP contribution is -1.97. The van der Waals surface area contributed by atoms with Crippen molar-refractivity contribution in [2.24, 2.45) is 0 Å². The third-order valence-electron chi connectivity index (χ3n) is 1.47. The van der Waals surface area contributed by atoms with Crippen molar-refractivity contribution >= 4 is 34.1 Å². The first-order valence-corrected chi connectivity index (χ1v) is 4.39. The number of rotatable bonds is 1. The van der Waals surface area contributed by atoms with E-state index in [0.717, 1.165) is 0 Å². The van der Waals surface area contributed by atoms with E-state index in [1.54, 1.807) is 6.07 Å². The quantitative estimate of drug-likeness (QED) is 0.356. The van der Waals surface area contributed by atoms with Crippen LogP contribution in [0.25, 0.3) is 0 Å². The standard InChI is InChI=1S/C8H8INO2/c1-4(11)6-2-5(10)3-7(9)8(6)12/h2-3,12H,10H2,1H3. The van der Waals surface area contributed by atoms with Crippen LogP contribution in [0.15, 0.2) is 12.1 Å². The lowest BCUT2D eigenvalue weighted by molar-refractivity contribution is 0.101. The molecule has 1 aromatic rings. The van der Waals surface area contributed by atoms with Crippen molar-refractivity contribution in [1.29, 1.82) is 0 Å². The second-order valence-electron chi connectivity index (χ2n) is 2.46. The molecule has 12 heavy (non-hydrogen) atoms. The molecular weight excluding hydrogens is 269 g/mol. The Morgan fingerprint density at radius 3 is 2.67 bits per heavy atom. The Bertz CT molecular complexity index is 336. The highest BCUT2D eigenvalue weighted by atomic mass is 127. The molecule has 1 rings (SSSR count). The molecule has 3 nitrogen and oxygen atoms in total. The van der Waals surface area contributed by atoms with Crippen LogP contribution in [0.2, 0.25) is 0 Å². The molecule has 0 amide bonds. The Labute approximate surface area is 83.7 Å². The summed E-state index contributed by atoms with van der Waals surface area (Å²) in [7, 11) is 0. The summed E-state index contributed by atoms with van der Waals surface area (Å²) in [6.07, 6.45) is 0. The maximum atomic E-state index is 11.0. The number of hydrogen-bond acceptors (Lipinski definition) is 3. The maximum absolute atomic E-state index is 11.0. The first-order valence-electron chi connectivity index (χ1n) is 3.31.